The molecule has 0 saturated carbocycles. The number of ether oxygens (including phenoxy) is 1. The second-order valence-corrected chi connectivity index (χ2v) is 8.11. The van der Waals surface area contributed by atoms with Crippen molar-refractivity contribution in [3.05, 3.63) is 60.8 Å². The van der Waals surface area contributed by atoms with E-state index in [1.54, 1.807) is 30.3 Å². The Hall–Kier alpha value is -3.43. The van der Waals surface area contributed by atoms with Gasteiger partial charge in [0.2, 0.25) is 10.0 Å². The lowest BCUT2D eigenvalue weighted by Crippen LogP contribution is -2.35. The fraction of sp³-hybridized carbons (Fsp3) is 0.100. The Labute approximate surface area is 168 Å². The molecule has 9 heteroatoms. The summed E-state index contributed by atoms with van der Waals surface area (Å²) in [7, 11) is -2.08. The van der Waals surface area contributed by atoms with Crippen molar-refractivity contribution in [1.82, 2.24) is 4.98 Å². The number of likely N-dealkylation sites (N-methyl/N-ethyl adjacent to an activating group) is 1. The number of nitrogens with zero attached hydrogens (tertiary/aromatic N) is 2. The van der Waals surface area contributed by atoms with Gasteiger partial charge in [-0.05, 0) is 53.6 Å². The smallest absolute Gasteiger partial charge is 0.264 e. The largest absolute Gasteiger partial charge is 0.482 e. The Bertz CT molecular complexity index is 1210. The molecule has 0 radical (unpaired) electrons. The van der Waals surface area contributed by atoms with Crippen LogP contribution in [-0.2, 0) is 14.8 Å². The minimum atomic E-state index is -3.79. The number of hydrogen-bond donors (Lipinski definition) is 2. The SMILES string of the molecule is CN1C(=O)COc2ccc(-c3ccnc(Nc4cccc(S(N)(=O)=O)c4)c3)cc21. The molecule has 1 amide bonds. The van der Waals surface area contributed by atoms with Gasteiger partial charge in [0.15, 0.2) is 6.61 Å². The average molecular weight is 410 g/mol. The molecule has 3 N–H and O–H groups in total. The molecule has 0 saturated heterocycles. The highest BCUT2D eigenvalue weighted by molar-refractivity contribution is 7.89. The minimum absolute atomic E-state index is 0.0149. The van der Waals surface area contributed by atoms with Gasteiger partial charge in [-0.15, -0.1) is 0 Å². The first-order valence-corrected chi connectivity index (χ1v) is 10.3. The minimum Gasteiger partial charge on any atom is -0.482 e. The Morgan fingerprint density at radius 1 is 1.10 bits per heavy atom. The third-order valence-electron chi connectivity index (χ3n) is 4.57. The molecular formula is C20H18N4O4S. The summed E-state index contributed by atoms with van der Waals surface area (Å²) in [5, 5.41) is 8.27. The number of pyridine rings is 1. The van der Waals surface area contributed by atoms with Gasteiger partial charge >= 0.3 is 0 Å². The number of hydrogen-bond acceptors (Lipinski definition) is 6. The maximum absolute atomic E-state index is 11.9. The number of amides is 1. The fourth-order valence-corrected chi connectivity index (χ4v) is 3.59. The monoisotopic (exact) mass is 410 g/mol. The molecule has 4 rings (SSSR count). The Morgan fingerprint density at radius 3 is 2.69 bits per heavy atom. The molecule has 1 aliphatic rings. The van der Waals surface area contributed by atoms with E-state index in [4.69, 9.17) is 9.88 Å². The summed E-state index contributed by atoms with van der Waals surface area (Å²) in [6.45, 7) is 0.0315. The molecular weight excluding hydrogens is 392 g/mol. The van der Waals surface area contributed by atoms with E-state index >= 15 is 0 Å². The summed E-state index contributed by atoms with van der Waals surface area (Å²) in [6, 6.07) is 15.5. The van der Waals surface area contributed by atoms with Gasteiger partial charge in [0, 0.05) is 18.9 Å². The van der Waals surface area contributed by atoms with Crippen LogP contribution in [0.25, 0.3) is 11.1 Å². The number of benzene rings is 2. The van der Waals surface area contributed by atoms with Crippen LogP contribution in [0.4, 0.5) is 17.2 Å². The van der Waals surface area contributed by atoms with Gasteiger partial charge in [-0.2, -0.15) is 0 Å². The first kappa shape index (κ1) is 18.9. The molecule has 0 spiro atoms. The van der Waals surface area contributed by atoms with Crippen molar-refractivity contribution >= 4 is 33.1 Å². The van der Waals surface area contributed by atoms with Gasteiger partial charge in [0.05, 0.1) is 10.6 Å². The number of aromatic nitrogens is 1. The Morgan fingerprint density at radius 2 is 1.90 bits per heavy atom. The van der Waals surface area contributed by atoms with E-state index in [1.165, 1.54) is 12.1 Å². The summed E-state index contributed by atoms with van der Waals surface area (Å²) in [5.74, 6) is 1.08. The molecule has 2 aromatic carbocycles. The third kappa shape index (κ3) is 3.91. The van der Waals surface area contributed by atoms with Crippen molar-refractivity contribution in [2.75, 3.05) is 23.9 Å². The van der Waals surface area contributed by atoms with Gasteiger partial charge in [-0.25, -0.2) is 18.5 Å². The van der Waals surface area contributed by atoms with E-state index in [0.29, 0.717) is 22.9 Å². The van der Waals surface area contributed by atoms with Crippen LogP contribution in [0.3, 0.4) is 0 Å². The molecule has 148 valence electrons. The number of fused-ring (bicyclic) bond motifs is 1. The summed E-state index contributed by atoms with van der Waals surface area (Å²) >= 11 is 0. The highest BCUT2D eigenvalue weighted by Gasteiger charge is 2.22. The topological polar surface area (TPSA) is 115 Å². The van der Waals surface area contributed by atoms with Crippen LogP contribution in [0.15, 0.2) is 65.7 Å². The average Bonchev–Trinajstić information content (AvgIpc) is 2.70. The predicted octanol–water partition coefficient (Wildman–Crippen LogP) is 2.49. The Kier molecular flexibility index (Phi) is 4.69. The van der Waals surface area contributed by atoms with E-state index in [1.807, 2.05) is 30.3 Å². The van der Waals surface area contributed by atoms with Crippen LogP contribution in [0.5, 0.6) is 5.75 Å². The molecule has 0 atom stereocenters. The normalized spacial score (nSPS) is 13.6. The predicted molar refractivity (Wildman–Crippen MR) is 110 cm³/mol. The van der Waals surface area contributed by atoms with Crippen molar-refractivity contribution in [3.8, 4) is 16.9 Å². The molecule has 1 aliphatic heterocycles. The van der Waals surface area contributed by atoms with Gasteiger partial charge in [0.25, 0.3) is 5.91 Å². The van der Waals surface area contributed by atoms with E-state index < -0.39 is 10.0 Å². The zero-order chi connectivity index (χ0) is 20.6. The lowest BCUT2D eigenvalue weighted by Gasteiger charge is -2.26. The second-order valence-electron chi connectivity index (χ2n) is 6.55. The van der Waals surface area contributed by atoms with E-state index in [9.17, 15) is 13.2 Å². The van der Waals surface area contributed by atoms with Gasteiger partial charge in [-0.3, -0.25) is 4.79 Å². The zero-order valence-corrected chi connectivity index (χ0v) is 16.3. The fourth-order valence-electron chi connectivity index (χ4n) is 3.03. The molecule has 2 heterocycles. The number of primary sulfonamides is 1. The van der Waals surface area contributed by atoms with Gasteiger partial charge in [-0.1, -0.05) is 12.1 Å². The van der Waals surface area contributed by atoms with Crippen LogP contribution in [0.2, 0.25) is 0 Å². The lowest BCUT2D eigenvalue weighted by atomic mass is 10.0. The summed E-state index contributed by atoms with van der Waals surface area (Å²) in [4.78, 5) is 17.8. The van der Waals surface area contributed by atoms with Crippen LogP contribution >= 0.6 is 0 Å². The van der Waals surface area contributed by atoms with E-state index in [2.05, 4.69) is 10.3 Å². The van der Waals surface area contributed by atoms with Gasteiger partial charge < -0.3 is 15.0 Å². The molecule has 0 fully saturated rings. The number of carbonyl (C=O) groups is 1. The highest BCUT2D eigenvalue weighted by Crippen LogP contribution is 2.35. The van der Waals surface area contributed by atoms with E-state index in [-0.39, 0.29) is 17.4 Å². The second kappa shape index (κ2) is 7.19. The molecule has 0 bridgehead atoms. The molecule has 0 unspecified atom stereocenters. The maximum Gasteiger partial charge on any atom is 0.264 e. The van der Waals surface area contributed by atoms with Crippen LogP contribution in [0, 0.1) is 0 Å². The van der Waals surface area contributed by atoms with Gasteiger partial charge in [0.1, 0.15) is 11.6 Å². The third-order valence-corrected chi connectivity index (χ3v) is 5.48. The highest BCUT2D eigenvalue weighted by atomic mass is 32.2. The van der Waals surface area contributed by atoms with Crippen LogP contribution in [-0.4, -0.2) is 33.0 Å². The standard InChI is InChI=1S/C20H18N4O4S/c1-24-17-9-13(5-6-18(17)28-12-20(24)25)14-7-8-22-19(10-14)23-15-3-2-4-16(11-15)29(21,26)27/h2-11H,12H2,1H3,(H,22,23)(H2,21,26,27). The molecule has 1 aromatic heterocycles. The number of nitrogens with one attached hydrogen (secondary N) is 1. The van der Waals surface area contributed by atoms with Crippen molar-refractivity contribution in [3.63, 3.8) is 0 Å². The number of rotatable bonds is 4. The molecule has 0 aliphatic carbocycles. The number of nitrogens with two attached hydrogens (primary N) is 1. The van der Waals surface area contributed by atoms with Crippen molar-refractivity contribution < 1.29 is 17.9 Å². The number of carbonyl (C=O) groups excluding carboxylic acids is 1. The number of anilines is 3. The van der Waals surface area contributed by atoms with E-state index in [0.717, 1.165) is 11.1 Å². The van der Waals surface area contributed by atoms with Crippen LogP contribution in [0.1, 0.15) is 0 Å². The summed E-state index contributed by atoms with van der Waals surface area (Å²) < 4.78 is 28.5. The van der Waals surface area contributed by atoms with Crippen LogP contribution < -0.4 is 20.1 Å². The summed E-state index contributed by atoms with van der Waals surface area (Å²) in [6.07, 6.45) is 1.64. The first-order chi connectivity index (χ1) is 13.8. The maximum atomic E-state index is 11.9. The zero-order valence-electron chi connectivity index (χ0n) is 15.5. The quantitative estimate of drug-likeness (QED) is 0.683. The summed E-state index contributed by atoms with van der Waals surface area (Å²) in [5.41, 5.74) is 3.01. The first-order valence-electron chi connectivity index (χ1n) is 8.71. The molecule has 8 nitrogen and oxygen atoms in total. The number of sulfonamides is 1. The van der Waals surface area contributed by atoms with Crippen molar-refractivity contribution in [2.45, 2.75) is 4.90 Å². The van der Waals surface area contributed by atoms with Crippen molar-refractivity contribution in [2.24, 2.45) is 5.14 Å². The lowest BCUT2D eigenvalue weighted by molar-refractivity contribution is -0.120. The van der Waals surface area contributed by atoms with Crippen molar-refractivity contribution in [1.29, 1.82) is 0 Å². The molecule has 29 heavy (non-hydrogen) atoms. The Balaban J connectivity index is 1.64. The molecule has 3 aromatic rings.